The number of aliphatic imine (C=N–C) groups is 1. The topological polar surface area (TPSA) is 345 Å². The molecular weight excluding hydrogens is 1930 g/mol. The lowest BCUT2D eigenvalue weighted by Gasteiger charge is -2.21. The van der Waals surface area contributed by atoms with Crippen molar-refractivity contribution in [3.63, 3.8) is 0 Å². The van der Waals surface area contributed by atoms with Gasteiger partial charge in [0.2, 0.25) is 23.6 Å². The van der Waals surface area contributed by atoms with E-state index in [9.17, 15) is 94.6 Å². The summed E-state index contributed by atoms with van der Waals surface area (Å²) in [6, 6.07) is 47.4. The van der Waals surface area contributed by atoms with E-state index in [1.54, 1.807) is 90.6 Å². The number of aromatic nitrogens is 9. The summed E-state index contributed by atoms with van der Waals surface area (Å²) in [6.07, 6.45) is -16.5. The fourth-order valence-corrected chi connectivity index (χ4v) is 16.5. The average molecular weight is 2020 g/mol. The summed E-state index contributed by atoms with van der Waals surface area (Å²) in [7, 11) is 1.59. The predicted octanol–water partition coefficient (Wildman–Crippen LogP) is 19.4. The quantitative estimate of drug-likeness (QED) is 0.0569. The third-order valence-corrected chi connectivity index (χ3v) is 23.3. The van der Waals surface area contributed by atoms with E-state index in [2.05, 4.69) is 53.8 Å². The first-order chi connectivity index (χ1) is 68.6. The van der Waals surface area contributed by atoms with Crippen LogP contribution in [0.1, 0.15) is 56.4 Å². The highest BCUT2D eigenvalue weighted by molar-refractivity contribution is 6.02. The van der Waals surface area contributed by atoms with Crippen LogP contribution in [0.4, 0.5) is 71.5 Å². The van der Waals surface area contributed by atoms with Crippen molar-refractivity contribution < 1.29 is 135 Å². The molecule has 7 aromatic carbocycles. The van der Waals surface area contributed by atoms with Crippen LogP contribution in [0.5, 0.6) is 28.7 Å². The average Bonchev–Trinajstić information content (AvgIpc) is 1.66. The maximum absolute atomic E-state index is 12.6. The number of aryl methyl sites for hydroxylation is 1. The number of rotatable bonds is 22. The molecule has 3 atom stereocenters. The largest absolute Gasteiger partial charge is 0.573 e. The van der Waals surface area contributed by atoms with Crippen molar-refractivity contribution in [1.29, 1.82) is 0 Å². The number of anilines is 1. The minimum atomic E-state index is -4.77. The molecule has 0 N–H and O–H groups in total. The number of oxazole rings is 4. The number of likely N-dealkylation sites (tertiary alicyclic amines) is 1. The van der Waals surface area contributed by atoms with Gasteiger partial charge in [-0.2, -0.15) is 0 Å². The molecule has 144 heavy (non-hydrogen) atoms. The first-order valence-corrected chi connectivity index (χ1v) is 44.4. The lowest BCUT2D eigenvalue weighted by molar-refractivity contribution is -0.275. The van der Waals surface area contributed by atoms with Crippen LogP contribution in [0.3, 0.4) is 0 Å². The van der Waals surface area contributed by atoms with Gasteiger partial charge < -0.3 is 69.8 Å². The lowest BCUT2D eigenvalue weighted by atomic mass is 10.0. The Hall–Kier alpha value is -15.6. The van der Waals surface area contributed by atoms with E-state index in [0.29, 0.717) is 172 Å². The molecule has 0 aliphatic carbocycles. The van der Waals surface area contributed by atoms with E-state index in [4.69, 9.17) is 36.3 Å². The van der Waals surface area contributed by atoms with E-state index in [1.165, 1.54) is 127 Å². The van der Waals surface area contributed by atoms with E-state index in [0.717, 1.165) is 73.4 Å². The Morgan fingerprint density at radius 1 is 0.438 bits per heavy atom. The second-order valence-electron chi connectivity index (χ2n) is 33.3. The van der Waals surface area contributed by atoms with Gasteiger partial charge in [-0.1, -0.05) is 48.5 Å². The number of hydrogen-bond acceptors (Lipinski definition) is 25. The molecule has 0 unspecified atom stereocenters. The van der Waals surface area contributed by atoms with Crippen LogP contribution >= 0.6 is 0 Å². The smallest absolute Gasteiger partial charge is 0.426 e. The fourth-order valence-electron chi connectivity index (χ4n) is 16.5. The van der Waals surface area contributed by atoms with Gasteiger partial charge >= 0.3 is 54.8 Å². The van der Waals surface area contributed by atoms with E-state index in [-0.39, 0.29) is 71.6 Å². The summed E-state index contributed by atoms with van der Waals surface area (Å²) in [5, 5.41) is 7.72. The van der Waals surface area contributed by atoms with Crippen molar-refractivity contribution in [2.24, 2.45) is 16.8 Å². The number of alkyl halides is 15. The SMILES string of the molecule is CC1=NCC=C1Cn1c(=O)oc2ccc(-c3ccc(OC(F)(F)F)cc3)nc21.CO[C@@H]1CCN(C(=O)Cn2c(=O)oc3ccc(-c4ccc(OC(F)(F)F)cc4)cc32)C1.Cc1nnc(CCN2C(=O)Cc3ccc(-c4ccc(OC(F)(F)F)cc4)cc32)o1.O=c1oc2ccc(-c3ccc(OC(F)(F)F)cc3)nc2n1C[C@@H]1CCCOC1.O=c1oc2ccc(-c3ccc(OC(F)(F)F)cc3)nc2n1C[C@H]1CCCOC1. The molecule has 13 heterocycles. The minimum Gasteiger partial charge on any atom is -0.426 e. The van der Waals surface area contributed by atoms with Gasteiger partial charge in [-0.05, 0) is 224 Å². The van der Waals surface area contributed by atoms with Gasteiger partial charge in [-0.3, -0.25) is 32.8 Å². The molecule has 0 spiro atoms. The van der Waals surface area contributed by atoms with Crippen LogP contribution in [0.2, 0.25) is 0 Å². The summed E-state index contributed by atoms with van der Waals surface area (Å²) >= 11 is 0. The summed E-state index contributed by atoms with van der Waals surface area (Å²) in [6.45, 7) is 9.20. The second kappa shape index (κ2) is 43.1. The van der Waals surface area contributed by atoms with Crippen molar-refractivity contribution >= 4 is 68.0 Å². The molecule has 31 nitrogen and oxygen atoms in total. The Morgan fingerprint density at radius 3 is 1.23 bits per heavy atom. The Labute approximate surface area is 802 Å². The van der Waals surface area contributed by atoms with Gasteiger partial charge in [0.05, 0.1) is 61.4 Å². The molecule has 754 valence electrons. The van der Waals surface area contributed by atoms with E-state index in [1.807, 2.05) is 31.2 Å². The maximum atomic E-state index is 12.6. The van der Waals surface area contributed by atoms with Gasteiger partial charge in [0.15, 0.2) is 39.3 Å². The normalized spacial score (nSPS) is 16.0. The van der Waals surface area contributed by atoms with Crippen LogP contribution in [-0.4, -0.2) is 163 Å². The first-order valence-electron chi connectivity index (χ1n) is 44.4. The van der Waals surface area contributed by atoms with Crippen LogP contribution < -0.4 is 51.6 Å². The molecule has 0 bridgehead atoms. The fraction of sp³-hybridized carbons (Fsp3) is 0.306. The Balaban J connectivity index is 0.000000129. The summed E-state index contributed by atoms with van der Waals surface area (Å²) in [4.78, 5) is 95.1. The molecule has 5 aliphatic rings. The molecule has 8 aromatic heterocycles. The molecule has 20 rings (SSSR count). The highest BCUT2D eigenvalue weighted by atomic mass is 19.4. The monoisotopic (exact) mass is 2020 g/mol. The number of benzene rings is 7. The first kappa shape index (κ1) is 101. The zero-order chi connectivity index (χ0) is 102. The Morgan fingerprint density at radius 2 is 0.833 bits per heavy atom. The molecular formula is C98H83F15N12O19. The molecule has 5 aliphatic heterocycles. The molecule has 15 aromatic rings. The number of allylic oxidation sites excluding steroid dienone is 1. The van der Waals surface area contributed by atoms with Crippen molar-refractivity contribution in [3.8, 4) is 84.8 Å². The molecule has 0 saturated carbocycles. The summed E-state index contributed by atoms with van der Waals surface area (Å²) in [5.41, 5.74) is 12.5. The maximum Gasteiger partial charge on any atom is 0.573 e. The number of methoxy groups -OCH3 is 1. The molecule has 0 radical (unpaired) electrons. The van der Waals surface area contributed by atoms with Crippen molar-refractivity contribution in [3.05, 3.63) is 265 Å². The Kier molecular flexibility index (Phi) is 30.3. The lowest BCUT2D eigenvalue weighted by Crippen LogP contribution is -2.34. The molecule has 46 heteroatoms. The highest BCUT2D eigenvalue weighted by Gasteiger charge is 2.37. The number of ether oxygens (including phenoxy) is 8. The van der Waals surface area contributed by atoms with Gasteiger partial charge in [0.25, 0.3) is 0 Å². The number of halogens is 15. The number of carbonyl (C=O) groups is 2. The highest BCUT2D eigenvalue weighted by Crippen LogP contribution is 2.39. The third kappa shape index (κ3) is 26.2. The van der Waals surface area contributed by atoms with E-state index < -0.39 is 54.8 Å². The minimum absolute atomic E-state index is 0.0161. The van der Waals surface area contributed by atoms with Crippen molar-refractivity contribution in [2.75, 3.05) is 64.6 Å². The second-order valence-corrected chi connectivity index (χ2v) is 33.3. The van der Waals surface area contributed by atoms with Crippen LogP contribution in [0.15, 0.2) is 252 Å². The van der Waals surface area contributed by atoms with Crippen molar-refractivity contribution in [2.45, 2.75) is 123 Å². The van der Waals surface area contributed by atoms with E-state index >= 15 is 0 Å². The zero-order valence-electron chi connectivity index (χ0n) is 76.0. The van der Waals surface area contributed by atoms with Gasteiger partial charge in [-0.25, -0.2) is 34.1 Å². The van der Waals surface area contributed by atoms with Crippen LogP contribution in [0, 0.1) is 18.8 Å². The van der Waals surface area contributed by atoms with Crippen molar-refractivity contribution in [1.82, 2.24) is 48.3 Å². The molecule has 3 saturated heterocycles. The number of carbonyl (C=O) groups excluding carboxylic acids is 2. The standard InChI is InChI=1S/C21H19F3N2O5.C20H16F3N3O3.C19H14F3N3O3.2C19H17F3N2O4/c1-29-16-8-9-25(11-16)19(27)12-26-17-10-14(4-7-18(17)30-20(26)28)13-2-5-15(6-3-13)31-21(22,23)24;1-12-24-25-18(28-12)8-9-26-17-10-14(2-3-15(17)11-19(26)27)13-4-6-16(7-5-13)29-20(21,22)23;1-11-13(8-9-23-11)10-25-17-16(27-18(25)26)7-6-15(24-17)12-2-4-14(5-3-12)28-19(20,21)22;2*20-19(21,22)28-14-5-3-13(4-6-14)15-7-8-16-17(23-15)24(18(25)27-16)10-12-2-1-9-26-11-12/h2-7,10,16H,8-9,11-12H2,1H3;2-7,10H,8-9,11H2,1H3;2-8H,9-10H2,1H3;2*3-8,12H,1-2,9-11H2/t16-;;;2*12-/m1..10/s1. The number of amides is 2. The predicted molar refractivity (Wildman–Crippen MR) is 486 cm³/mol. The van der Waals surface area contributed by atoms with Gasteiger partial charge in [0.1, 0.15) is 35.3 Å². The van der Waals surface area contributed by atoms with Gasteiger partial charge in [0, 0.05) is 106 Å². The number of fused-ring (bicyclic) bond motifs is 5. The van der Waals surface area contributed by atoms with Crippen LogP contribution in [-0.2, 0) is 62.8 Å². The summed E-state index contributed by atoms with van der Waals surface area (Å²) < 4.78 is 252. The Bertz CT molecular complexity index is 7250. The number of nitrogens with zero attached hydrogens (tertiary/aromatic N) is 12. The third-order valence-electron chi connectivity index (χ3n) is 23.3. The summed E-state index contributed by atoms with van der Waals surface area (Å²) in [5.74, 6) is -2.63. The number of hydrogen-bond donors (Lipinski definition) is 0. The number of pyridine rings is 3. The molecule has 3 fully saturated rings. The zero-order valence-corrected chi connectivity index (χ0v) is 76.0. The van der Waals surface area contributed by atoms with Gasteiger partial charge in [-0.15, -0.1) is 76.1 Å². The molecule has 2 amide bonds. The van der Waals surface area contributed by atoms with Crippen LogP contribution in [0.25, 0.3) is 101 Å².